The van der Waals surface area contributed by atoms with E-state index < -0.39 is 11.7 Å². The van der Waals surface area contributed by atoms with Crippen molar-refractivity contribution in [1.82, 2.24) is 4.98 Å². The molecule has 0 aliphatic rings. The molecule has 0 bridgehead atoms. The molecule has 0 spiro atoms. The lowest BCUT2D eigenvalue weighted by atomic mass is 10.0. The van der Waals surface area contributed by atoms with Crippen LogP contribution in [0.1, 0.15) is 24.1 Å². The Morgan fingerprint density at radius 1 is 1.20 bits per heavy atom. The van der Waals surface area contributed by atoms with E-state index in [1.165, 1.54) is 6.07 Å². The molecule has 1 unspecified atom stereocenters. The van der Waals surface area contributed by atoms with Gasteiger partial charge in [0.1, 0.15) is 4.60 Å². The minimum Gasteiger partial charge on any atom is -0.376 e. The second-order valence-corrected chi connectivity index (χ2v) is 5.08. The fraction of sp³-hybridized carbons (Fsp3) is 0.214. The van der Waals surface area contributed by atoms with Crippen molar-refractivity contribution in [2.45, 2.75) is 19.1 Å². The Kier molecular flexibility index (Phi) is 4.32. The van der Waals surface area contributed by atoms with Crippen LogP contribution in [0.5, 0.6) is 0 Å². The first-order chi connectivity index (χ1) is 9.38. The van der Waals surface area contributed by atoms with Crippen LogP contribution in [0.25, 0.3) is 0 Å². The number of anilines is 1. The van der Waals surface area contributed by atoms with Crippen molar-refractivity contribution in [3.8, 4) is 0 Å². The molecular formula is C14H12BrF3N2. The summed E-state index contributed by atoms with van der Waals surface area (Å²) >= 11 is 3.29. The molecule has 2 nitrogen and oxygen atoms in total. The van der Waals surface area contributed by atoms with E-state index in [0.717, 1.165) is 17.8 Å². The summed E-state index contributed by atoms with van der Waals surface area (Å²) in [5, 5.41) is 3.13. The molecule has 0 aliphatic carbocycles. The van der Waals surface area contributed by atoms with Crippen molar-refractivity contribution < 1.29 is 13.2 Å². The quantitative estimate of drug-likeness (QED) is 0.789. The van der Waals surface area contributed by atoms with Crippen molar-refractivity contribution in [3.63, 3.8) is 0 Å². The Hall–Kier alpha value is -1.56. The van der Waals surface area contributed by atoms with E-state index >= 15 is 0 Å². The van der Waals surface area contributed by atoms with E-state index in [0.29, 0.717) is 10.2 Å². The predicted molar refractivity (Wildman–Crippen MR) is 75.4 cm³/mol. The van der Waals surface area contributed by atoms with Crippen LogP contribution in [0, 0.1) is 0 Å². The zero-order chi connectivity index (χ0) is 14.8. The Bertz CT molecular complexity index is 599. The third kappa shape index (κ3) is 3.50. The minimum absolute atomic E-state index is 0.266. The molecule has 1 heterocycles. The third-order valence-corrected chi connectivity index (χ3v) is 3.48. The second-order valence-electron chi connectivity index (χ2n) is 4.33. The van der Waals surface area contributed by atoms with Gasteiger partial charge >= 0.3 is 6.18 Å². The van der Waals surface area contributed by atoms with Gasteiger partial charge in [-0.15, -0.1) is 0 Å². The number of benzene rings is 1. The molecule has 0 aliphatic heterocycles. The number of nitrogens with zero attached hydrogens (tertiary/aromatic N) is 1. The molecule has 20 heavy (non-hydrogen) atoms. The number of hydrogen-bond acceptors (Lipinski definition) is 2. The highest BCUT2D eigenvalue weighted by Crippen LogP contribution is 2.31. The molecule has 2 aromatic rings. The lowest BCUT2D eigenvalue weighted by molar-refractivity contribution is -0.137. The molecule has 0 saturated carbocycles. The molecule has 0 fully saturated rings. The Labute approximate surface area is 123 Å². The van der Waals surface area contributed by atoms with E-state index in [9.17, 15) is 13.2 Å². The summed E-state index contributed by atoms with van der Waals surface area (Å²) in [4.78, 5) is 4.06. The van der Waals surface area contributed by atoms with Crippen LogP contribution >= 0.6 is 15.9 Å². The molecule has 1 aromatic heterocycles. The van der Waals surface area contributed by atoms with Gasteiger partial charge in [0.2, 0.25) is 0 Å². The highest BCUT2D eigenvalue weighted by atomic mass is 79.9. The van der Waals surface area contributed by atoms with Crippen LogP contribution in [0.3, 0.4) is 0 Å². The minimum atomic E-state index is -4.33. The average Bonchev–Trinajstić information content (AvgIpc) is 2.40. The maximum absolute atomic E-state index is 12.7. The number of halogens is 4. The standard InChI is InChI=1S/C14H12BrF3N2/c1-9(20-12-6-3-7-19-13(12)15)10-4-2-5-11(8-10)14(16,17)18/h2-9,20H,1H3. The fourth-order valence-corrected chi connectivity index (χ4v) is 2.16. The van der Waals surface area contributed by atoms with E-state index in [1.54, 1.807) is 31.3 Å². The van der Waals surface area contributed by atoms with Crippen molar-refractivity contribution in [3.05, 3.63) is 58.3 Å². The summed E-state index contributed by atoms with van der Waals surface area (Å²) in [6, 6.07) is 8.59. The van der Waals surface area contributed by atoms with Crippen LogP contribution in [0.4, 0.5) is 18.9 Å². The first-order valence-electron chi connectivity index (χ1n) is 5.92. The maximum Gasteiger partial charge on any atom is 0.416 e. The number of alkyl halides is 3. The van der Waals surface area contributed by atoms with Crippen molar-refractivity contribution in [2.24, 2.45) is 0 Å². The van der Waals surface area contributed by atoms with E-state index in [1.807, 2.05) is 0 Å². The number of pyridine rings is 1. The van der Waals surface area contributed by atoms with Gasteiger partial charge in [0.15, 0.2) is 0 Å². The van der Waals surface area contributed by atoms with Gasteiger partial charge in [0.05, 0.1) is 11.3 Å². The van der Waals surface area contributed by atoms with Crippen LogP contribution in [-0.2, 0) is 6.18 Å². The number of hydrogen-bond donors (Lipinski definition) is 1. The Morgan fingerprint density at radius 3 is 2.60 bits per heavy atom. The van der Waals surface area contributed by atoms with E-state index in [2.05, 4.69) is 26.2 Å². The summed E-state index contributed by atoms with van der Waals surface area (Å²) in [7, 11) is 0. The molecule has 1 N–H and O–H groups in total. The Balaban J connectivity index is 2.22. The largest absolute Gasteiger partial charge is 0.416 e. The first kappa shape index (κ1) is 14.8. The molecule has 106 valence electrons. The topological polar surface area (TPSA) is 24.9 Å². The zero-order valence-electron chi connectivity index (χ0n) is 10.6. The van der Waals surface area contributed by atoms with Crippen LogP contribution < -0.4 is 5.32 Å². The third-order valence-electron chi connectivity index (χ3n) is 2.85. The summed E-state index contributed by atoms with van der Waals surface area (Å²) in [5.41, 5.74) is 0.655. The zero-order valence-corrected chi connectivity index (χ0v) is 12.2. The van der Waals surface area contributed by atoms with Crippen LogP contribution in [0.2, 0.25) is 0 Å². The van der Waals surface area contributed by atoms with Crippen LogP contribution in [-0.4, -0.2) is 4.98 Å². The lowest BCUT2D eigenvalue weighted by Gasteiger charge is -2.17. The molecule has 0 saturated heterocycles. The molecule has 1 atom stereocenters. The van der Waals surface area contributed by atoms with E-state index in [4.69, 9.17) is 0 Å². The van der Waals surface area contributed by atoms with Gasteiger partial charge in [-0.3, -0.25) is 0 Å². The molecule has 2 rings (SSSR count). The smallest absolute Gasteiger partial charge is 0.376 e. The monoisotopic (exact) mass is 344 g/mol. The summed E-state index contributed by atoms with van der Waals surface area (Å²) in [6.07, 6.45) is -2.70. The summed E-state index contributed by atoms with van der Waals surface area (Å²) in [5.74, 6) is 0. The van der Waals surface area contributed by atoms with Gasteiger partial charge in [-0.2, -0.15) is 13.2 Å². The van der Waals surface area contributed by atoms with Crippen molar-refractivity contribution in [1.29, 1.82) is 0 Å². The highest BCUT2D eigenvalue weighted by Gasteiger charge is 2.30. The molecule has 0 amide bonds. The Morgan fingerprint density at radius 2 is 1.95 bits per heavy atom. The number of rotatable bonds is 3. The fourth-order valence-electron chi connectivity index (χ4n) is 1.79. The average molecular weight is 345 g/mol. The van der Waals surface area contributed by atoms with Gasteiger partial charge in [-0.25, -0.2) is 4.98 Å². The molecule has 6 heteroatoms. The van der Waals surface area contributed by atoms with Crippen LogP contribution in [0.15, 0.2) is 47.2 Å². The SMILES string of the molecule is CC(Nc1cccnc1Br)c1cccc(C(F)(F)F)c1. The van der Waals surface area contributed by atoms with Gasteiger partial charge in [0.25, 0.3) is 0 Å². The summed E-state index contributed by atoms with van der Waals surface area (Å²) < 4.78 is 38.7. The summed E-state index contributed by atoms with van der Waals surface area (Å²) in [6.45, 7) is 1.80. The molecule has 1 aromatic carbocycles. The first-order valence-corrected chi connectivity index (χ1v) is 6.71. The van der Waals surface area contributed by atoms with E-state index in [-0.39, 0.29) is 6.04 Å². The predicted octanol–water partition coefficient (Wildman–Crippen LogP) is 5.04. The number of nitrogens with one attached hydrogen (secondary N) is 1. The lowest BCUT2D eigenvalue weighted by Crippen LogP contribution is -2.10. The van der Waals surface area contributed by atoms with Gasteiger partial charge in [-0.1, -0.05) is 12.1 Å². The second kappa shape index (κ2) is 5.83. The van der Waals surface area contributed by atoms with Gasteiger partial charge < -0.3 is 5.32 Å². The normalized spacial score (nSPS) is 13.1. The molecular weight excluding hydrogens is 333 g/mol. The van der Waals surface area contributed by atoms with Crippen molar-refractivity contribution >= 4 is 21.6 Å². The maximum atomic E-state index is 12.7. The van der Waals surface area contributed by atoms with Gasteiger partial charge in [0, 0.05) is 12.2 Å². The molecule has 0 radical (unpaired) electrons. The highest BCUT2D eigenvalue weighted by molar-refractivity contribution is 9.10. The van der Waals surface area contributed by atoms with Gasteiger partial charge in [-0.05, 0) is 52.7 Å². The number of aromatic nitrogens is 1. The van der Waals surface area contributed by atoms with Crippen molar-refractivity contribution in [2.75, 3.05) is 5.32 Å².